The Hall–Kier alpha value is -1.22. The summed E-state index contributed by atoms with van der Waals surface area (Å²) in [4.78, 5) is 11.4. The maximum atomic E-state index is 11.4. The lowest BCUT2D eigenvalue weighted by molar-refractivity contribution is -0.134. The second-order valence-electron chi connectivity index (χ2n) is 3.69. The normalized spacial score (nSPS) is 10.1. The van der Waals surface area contributed by atoms with Crippen LogP contribution in [0.15, 0.2) is 18.2 Å². The van der Waals surface area contributed by atoms with E-state index in [0.29, 0.717) is 30.4 Å². The second kappa shape index (κ2) is 7.17. The lowest BCUT2D eigenvalue weighted by Crippen LogP contribution is -2.08. The summed E-state index contributed by atoms with van der Waals surface area (Å²) in [7, 11) is 0. The van der Waals surface area contributed by atoms with E-state index in [2.05, 4.69) is 0 Å². The zero-order valence-electron chi connectivity index (χ0n) is 10.2. The number of ether oxygens (including phenoxy) is 2. The maximum Gasteiger partial charge on any atom is 0.311 e. The van der Waals surface area contributed by atoms with Crippen LogP contribution in [0.25, 0.3) is 0 Å². The van der Waals surface area contributed by atoms with Crippen LogP contribution >= 0.6 is 11.6 Å². The molecule has 0 aliphatic rings. The van der Waals surface area contributed by atoms with Crippen molar-refractivity contribution in [3.63, 3.8) is 0 Å². The van der Waals surface area contributed by atoms with E-state index >= 15 is 0 Å². The molecule has 0 atom stereocenters. The average molecular weight is 257 g/mol. The molecule has 0 aromatic heterocycles. The predicted octanol–water partition coefficient (Wildman–Crippen LogP) is 3.32. The zero-order chi connectivity index (χ0) is 12.7. The number of hydrogen-bond donors (Lipinski definition) is 0. The van der Waals surface area contributed by atoms with E-state index in [1.165, 1.54) is 0 Å². The van der Waals surface area contributed by atoms with E-state index in [0.717, 1.165) is 12.0 Å². The molecule has 0 aliphatic heterocycles. The smallest absolute Gasteiger partial charge is 0.311 e. The van der Waals surface area contributed by atoms with E-state index in [1.54, 1.807) is 6.07 Å². The Morgan fingerprint density at radius 3 is 2.82 bits per heavy atom. The number of aryl methyl sites for hydroxylation is 1. The van der Waals surface area contributed by atoms with Gasteiger partial charge in [0.2, 0.25) is 0 Å². The van der Waals surface area contributed by atoms with Gasteiger partial charge >= 0.3 is 5.97 Å². The lowest BCUT2D eigenvalue weighted by atomic mass is 10.2. The van der Waals surface area contributed by atoms with Gasteiger partial charge in [-0.25, -0.2) is 0 Å². The summed E-state index contributed by atoms with van der Waals surface area (Å²) < 4.78 is 10.6. The van der Waals surface area contributed by atoms with Gasteiger partial charge < -0.3 is 9.47 Å². The van der Waals surface area contributed by atoms with Crippen LogP contribution in [0, 0.1) is 6.92 Å². The third kappa shape index (κ3) is 4.65. The molecule has 0 radical (unpaired) electrons. The van der Waals surface area contributed by atoms with Crippen molar-refractivity contribution >= 4 is 17.6 Å². The Morgan fingerprint density at radius 2 is 2.18 bits per heavy atom. The first kappa shape index (κ1) is 13.8. The summed E-state index contributed by atoms with van der Waals surface area (Å²) in [5, 5.41) is 0. The van der Waals surface area contributed by atoms with Crippen LogP contribution < -0.4 is 9.47 Å². The molecule has 0 amide bonds. The molecule has 3 nitrogen and oxygen atoms in total. The molecule has 1 aromatic rings. The molecule has 0 N–H and O–H groups in total. The van der Waals surface area contributed by atoms with Crippen molar-refractivity contribution in [2.45, 2.75) is 26.7 Å². The molecule has 0 saturated carbocycles. The monoisotopic (exact) mass is 256 g/mol. The molecule has 0 unspecified atom stereocenters. The van der Waals surface area contributed by atoms with Crippen LogP contribution in [-0.4, -0.2) is 18.5 Å². The van der Waals surface area contributed by atoms with Crippen LogP contribution in [-0.2, 0) is 4.79 Å². The van der Waals surface area contributed by atoms with Crippen molar-refractivity contribution in [1.82, 2.24) is 0 Å². The van der Waals surface area contributed by atoms with Gasteiger partial charge in [0.05, 0.1) is 5.88 Å². The van der Waals surface area contributed by atoms with Crippen LogP contribution in [0.3, 0.4) is 0 Å². The third-order valence-corrected chi connectivity index (χ3v) is 2.34. The first-order valence-electron chi connectivity index (χ1n) is 5.67. The van der Waals surface area contributed by atoms with Crippen LogP contribution in [0.1, 0.15) is 25.3 Å². The molecule has 1 aromatic carbocycles. The van der Waals surface area contributed by atoms with Gasteiger partial charge in [-0.1, -0.05) is 13.0 Å². The first-order valence-corrected chi connectivity index (χ1v) is 6.21. The highest BCUT2D eigenvalue weighted by Crippen LogP contribution is 2.24. The standard InChI is InChI=1S/C13H17ClO3/c1-3-4-13(15)17-12-9-11(16-8-7-14)6-5-10(12)2/h5-6,9H,3-4,7-8H2,1-2H3. The number of halogens is 1. The molecule has 0 heterocycles. The highest BCUT2D eigenvalue weighted by molar-refractivity contribution is 6.18. The molecule has 17 heavy (non-hydrogen) atoms. The number of carbonyl (C=O) groups is 1. The van der Waals surface area contributed by atoms with Crippen molar-refractivity contribution in [3.05, 3.63) is 23.8 Å². The Labute approximate surface area is 107 Å². The number of esters is 1. The molecule has 0 spiro atoms. The molecule has 94 valence electrons. The molecular weight excluding hydrogens is 240 g/mol. The van der Waals surface area contributed by atoms with E-state index in [1.807, 2.05) is 26.0 Å². The zero-order valence-corrected chi connectivity index (χ0v) is 10.9. The van der Waals surface area contributed by atoms with Crippen molar-refractivity contribution in [2.75, 3.05) is 12.5 Å². The molecule has 1 rings (SSSR count). The molecule has 0 saturated heterocycles. The molecule has 0 fully saturated rings. The van der Waals surface area contributed by atoms with E-state index in [-0.39, 0.29) is 5.97 Å². The van der Waals surface area contributed by atoms with Gasteiger partial charge in [0, 0.05) is 12.5 Å². The molecule has 4 heteroatoms. The highest BCUT2D eigenvalue weighted by Gasteiger charge is 2.07. The second-order valence-corrected chi connectivity index (χ2v) is 4.07. The maximum absolute atomic E-state index is 11.4. The van der Waals surface area contributed by atoms with Gasteiger partial charge in [0.1, 0.15) is 18.1 Å². The van der Waals surface area contributed by atoms with Crippen molar-refractivity contribution in [2.24, 2.45) is 0 Å². The van der Waals surface area contributed by atoms with Crippen molar-refractivity contribution < 1.29 is 14.3 Å². The van der Waals surface area contributed by atoms with Crippen molar-refractivity contribution in [1.29, 1.82) is 0 Å². The largest absolute Gasteiger partial charge is 0.492 e. The fraction of sp³-hybridized carbons (Fsp3) is 0.462. The van der Waals surface area contributed by atoms with Gasteiger partial charge in [0.15, 0.2) is 0 Å². The van der Waals surface area contributed by atoms with Gasteiger partial charge in [-0.15, -0.1) is 11.6 Å². The van der Waals surface area contributed by atoms with Crippen LogP contribution in [0.5, 0.6) is 11.5 Å². The van der Waals surface area contributed by atoms with Crippen molar-refractivity contribution in [3.8, 4) is 11.5 Å². The summed E-state index contributed by atoms with van der Waals surface area (Å²) in [6.07, 6.45) is 1.20. The summed E-state index contributed by atoms with van der Waals surface area (Å²) in [6.45, 7) is 4.26. The summed E-state index contributed by atoms with van der Waals surface area (Å²) in [5.74, 6) is 1.43. The number of benzene rings is 1. The Morgan fingerprint density at radius 1 is 1.41 bits per heavy atom. The first-order chi connectivity index (χ1) is 8.17. The summed E-state index contributed by atoms with van der Waals surface area (Å²) in [5.41, 5.74) is 0.910. The topological polar surface area (TPSA) is 35.5 Å². The minimum absolute atomic E-state index is 0.218. The van der Waals surface area contributed by atoms with E-state index in [9.17, 15) is 4.79 Å². The van der Waals surface area contributed by atoms with Crippen LogP contribution in [0.4, 0.5) is 0 Å². The predicted molar refractivity (Wildman–Crippen MR) is 67.9 cm³/mol. The fourth-order valence-electron chi connectivity index (χ4n) is 1.31. The van der Waals surface area contributed by atoms with Crippen LogP contribution in [0.2, 0.25) is 0 Å². The number of carbonyl (C=O) groups excluding carboxylic acids is 1. The fourth-order valence-corrected chi connectivity index (χ4v) is 1.39. The number of hydrogen-bond acceptors (Lipinski definition) is 3. The van der Waals surface area contributed by atoms with Gasteiger partial charge in [-0.3, -0.25) is 4.79 Å². The molecule has 0 bridgehead atoms. The average Bonchev–Trinajstić information content (AvgIpc) is 2.30. The Bertz CT molecular complexity index is 377. The summed E-state index contributed by atoms with van der Waals surface area (Å²) in [6, 6.07) is 5.41. The van der Waals surface area contributed by atoms with E-state index < -0.39 is 0 Å². The lowest BCUT2D eigenvalue weighted by Gasteiger charge is -2.10. The van der Waals surface area contributed by atoms with Gasteiger partial charge in [-0.2, -0.15) is 0 Å². The minimum atomic E-state index is -0.218. The van der Waals surface area contributed by atoms with Gasteiger partial charge in [0.25, 0.3) is 0 Å². The van der Waals surface area contributed by atoms with Gasteiger partial charge in [-0.05, 0) is 25.0 Å². The number of rotatable bonds is 6. The Kier molecular flexibility index (Phi) is 5.84. The Balaban J connectivity index is 2.72. The minimum Gasteiger partial charge on any atom is -0.492 e. The number of alkyl halides is 1. The quantitative estimate of drug-likeness (QED) is 0.445. The SMILES string of the molecule is CCCC(=O)Oc1cc(OCCCl)ccc1C. The summed E-state index contributed by atoms with van der Waals surface area (Å²) >= 11 is 5.54. The third-order valence-electron chi connectivity index (χ3n) is 2.18. The molecular formula is C13H17ClO3. The molecule has 0 aliphatic carbocycles. The van der Waals surface area contributed by atoms with E-state index in [4.69, 9.17) is 21.1 Å². The highest BCUT2D eigenvalue weighted by atomic mass is 35.5.